The lowest BCUT2D eigenvalue weighted by Crippen LogP contribution is -2.48. The lowest BCUT2D eigenvalue weighted by atomic mass is 10.2. The van der Waals surface area contributed by atoms with Crippen LogP contribution >= 0.6 is 0 Å². The number of morpholine rings is 1. The molecule has 8 heteroatoms. The zero-order chi connectivity index (χ0) is 17.6. The Hall–Kier alpha value is -1.64. The van der Waals surface area contributed by atoms with Crippen LogP contribution in [0, 0.1) is 0 Å². The van der Waals surface area contributed by atoms with Gasteiger partial charge in [-0.15, -0.1) is 0 Å². The molecule has 1 saturated heterocycles. The number of ether oxygens (including phenoxy) is 2. The highest BCUT2D eigenvalue weighted by atomic mass is 32.2. The van der Waals surface area contributed by atoms with Crippen molar-refractivity contribution in [3.63, 3.8) is 0 Å². The first-order valence-electron chi connectivity index (χ1n) is 7.88. The molecule has 1 aliphatic heterocycles. The Morgan fingerprint density at radius 3 is 2.67 bits per heavy atom. The molecule has 0 aromatic heterocycles. The molecule has 1 heterocycles. The van der Waals surface area contributed by atoms with Gasteiger partial charge in [0.15, 0.2) is 9.84 Å². The van der Waals surface area contributed by atoms with Crippen molar-refractivity contribution in [3.8, 4) is 5.75 Å². The minimum Gasteiger partial charge on any atom is -0.494 e. The second kappa shape index (κ2) is 8.46. The quantitative estimate of drug-likeness (QED) is 0.708. The topological polar surface area (TPSA) is 84.9 Å². The van der Waals surface area contributed by atoms with Gasteiger partial charge in [-0.25, -0.2) is 8.42 Å². The van der Waals surface area contributed by atoms with Crippen LogP contribution in [-0.4, -0.2) is 71.5 Å². The number of sulfone groups is 1. The van der Waals surface area contributed by atoms with Gasteiger partial charge in [0.1, 0.15) is 11.9 Å². The Morgan fingerprint density at radius 1 is 1.38 bits per heavy atom. The van der Waals surface area contributed by atoms with Crippen molar-refractivity contribution in [1.29, 1.82) is 0 Å². The Morgan fingerprint density at radius 2 is 2.08 bits per heavy atom. The zero-order valence-electron chi connectivity index (χ0n) is 14.0. The number of rotatable bonds is 7. The van der Waals surface area contributed by atoms with Crippen LogP contribution in [0.1, 0.15) is 6.42 Å². The van der Waals surface area contributed by atoms with Crippen molar-refractivity contribution < 1.29 is 22.7 Å². The molecule has 1 atom stereocenters. The van der Waals surface area contributed by atoms with Crippen molar-refractivity contribution in [1.82, 2.24) is 10.2 Å². The summed E-state index contributed by atoms with van der Waals surface area (Å²) in [5.41, 5.74) is 0. The highest BCUT2D eigenvalue weighted by molar-refractivity contribution is 7.90. The van der Waals surface area contributed by atoms with Gasteiger partial charge in [0.05, 0.1) is 18.1 Å². The standard InChI is InChI=1S/C16H24N2O5S/c1-18(16(19)15-12-17-8-11-23-15)9-3-10-22-13-4-6-14(7-5-13)24(2,20)21/h4-7,15,17H,3,8-12H2,1-2H3. The molecule has 1 amide bonds. The summed E-state index contributed by atoms with van der Waals surface area (Å²) in [7, 11) is -1.44. The first-order chi connectivity index (χ1) is 11.4. The second-order valence-electron chi connectivity index (χ2n) is 5.77. The molecule has 1 aromatic carbocycles. The lowest BCUT2D eigenvalue weighted by Gasteiger charge is -2.27. The number of likely N-dealkylation sites (N-methyl/N-ethyl adjacent to an activating group) is 1. The number of hydrogen-bond donors (Lipinski definition) is 1. The maximum atomic E-state index is 12.2. The van der Waals surface area contributed by atoms with Gasteiger partial charge < -0.3 is 19.7 Å². The summed E-state index contributed by atoms with van der Waals surface area (Å²) >= 11 is 0. The largest absolute Gasteiger partial charge is 0.494 e. The van der Waals surface area contributed by atoms with E-state index < -0.39 is 15.9 Å². The van der Waals surface area contributed by atoms with E-state index >= 15 is 0 Å². The van der Waals surface area contributed by atoms with Gasteiger partial charge in [-0.3, -0.25) is 4.79 Å². The number of carbonyl (C=O) groups excluding carboxylic acids is 1. The number of amides is 1. The minimum atomic E-state index is -3.19. The fourth-order valence-electron chi connectivity index (χ4n) is 2.35. The molecule has 7 nitrogen and oxygen atoms in total. The van der Waals surface area contributed by atoms with Crippen molar-refractivity contribution >= 4 is 15.7 Å². The van der Waals surface area contributed by atoms with E-state index in [1.54, 1.807) is 24.1 Å². The number of benzene rings is 1. The fraction of sp³-hybridized carbons (Fsp3) is 0.562. The van der Waals surface area contributed by atoms with E-state index in [4.69, 9.17) is 9.47 Å². The van der Waals surface area contributed by atoms with Crippen LogP contribution in [0.15, 0.2) is 29.2 Å². The van der Waals surface area contributed by atoms with Crippen molar-refractivity contribution in [2.45, 2.75) is 17.4 Å². The highest BCUT2D eigenvalue weighted by Crippen LogP contribution is 2.16. The summed E-state index contributed by atoms with van der Waals surface area (Å²) in [6, 6.07) is 6.31. The first-order valence-corrected chi connectivity index (χ1v) is 9.77. The maximum Gasteiger partial charge on any atom is 0.252 e. The van der Waals surface area contributed by atoms with E-state index in [1.165, 1.54) is 18.4 Å². The predicted octanol–water partition coefficient (Wildman–Crippen LogP) is 0.306. The molecule has 134 valence electrons. The summed E-state index contributed by atoms with van der Waals surface area (Å²) in [6.45, 7) is 2.89. The van der Waals surface area contributed by atoms with Crippen molar-refractivity contribution in [3.05, 3.63) is 24.3 Å². The molecule has 1 N–H and O–H groups in total. The van der Waals surface area contributed by atoms with Crippen LogP contribution < -0.4 is 10.1 Å². The van der Waals surface area contributed by atoms with Crippen molar-refractivity contribution in [2.24, 2.45) is 0 Å². The molecule has 1 fully saturated rings. The molecular formula is C16H24N2O5S. The third kappa shape index (κ3) is 5.47. The lowest BCUT2D eigenvalue weighted by molar-refractivity contribution is -0.143. The first kappa shape index (κ1) is 18.7. The van der Waals surface area contributed by atoms with Crippen molar-refractivity contribution in [2.75, 3.05) is 46.2 Å². The van der Waals surface area contributed by atoms with E-state index in [9.17, 15) is 13.2 Å². The van der Waals surface area contributed by atoms with Crippen LogP contribution in [0.2, 0.25) is 0 Å². The van der Waals surface area contributed by atoms with E-state index in [0.717, 1.165) is 6.54 Å². The average molecular weight is 356 g/mol. The molecular weight excluding hydrogens is 332 g/mol. The highest BCUT2D eigenvalue weighted by Gasteiger charge is 2.24. The Bertz CT molecular complexity index is 639. The average Bonchev–Trinajstić information content (AvgIpc) is 2.58. The normalized spacial score (nSPS) is 18.2. The fourth-order valence-corrected chi connectivity index (χ4v) is 2.99. The molecule has 0 aliphatic carbocycles. The summed E-state index contributed by atoms with van der Waals surface area (Å²) in [5.74, 6) is 0.580. The van der Waals surface area contributed by atoms with Crippen LogP contribution in [-0.2, 0) is 19.4 Å². The van der Waals surface area contributed by atoms with Gasteiger partial charge in [-0.2, -0.15) is 0 Å². The zero-order valence-corrected chi connectivity index (χ0v) is 14.8. The smallest absolute Gasteiger partial charge is 0.252 e. The van der Waals surface area contributed by atoms with Gasteiger partial charge in [-0.1, -0.05) is 0 Å². The maximum absolute atomic E-state index is 12.2. The predicted molar refractivity (Wildman–Crippen MR) is 89.9 cm³/mol. The van der Waals surface area contributed by atoms with Crippen LogP contribution in [0.4, 0.5) is 0 Å². The molecule has 0 bridgehead atoms. The van der Waals surface area contributed by atoms with E-state index in [-0.39, 0.29) is 10.8 Å². The minimum absolute atomic E-state index is 0.0281. The van der Waals surface area contributed by atoms with Crippen LogP contribution in [0.3, 0.4) is 0 Å². The summed E-state index contributed by atoms with van der Waals surface area (Å²) in [5, 5.41) is 3.13. The third-order valence-corrected chi connectivity index (χ3v) is 4.87. The summed E-state index contributed by atoms with van der Waals surface area (Å²) < 4.78 is 33.8. The van der Waals surface area contributed by atoms with Gasteiger partial charge in [0, 0.05) is 32.9 Å². The monoisotopic (exact) mass is 356 g/mol. The Labute approximate surface area is 142 Å². The molecule has 1 aromatic rings. The number of hydrogen-bond acceptors (Lipinski definition) is 6. The summed E-state index contributed by atoms with van der Waals surface area (Å²) in [4.78, 5) is 14.1. The van der Waals surface area contributed by atoms with Gasteiger partial charge in [-0.05, 0) is 30.7 Å². The van der Waals surface area contributed by atoms with E-state index in [2.05, 4.69) is 5.32 Å². The molecule has 0 radical (unpaired) electrons. The molecule has 2 rings (SSSR count). The van der Waals surface area contributed by atoms with Gasteiger partial charge in [0.2, 0.25) is 0 Å². The molecule has 1 unspecified atom stereocenters. The van der Waals surface area contributed by atoms with Gasteiger partial charge >= 0.3 is 0 Å². The number of nitrogens with one attached hydrogen (secondary N) is 1. The molecule has 1 aliphatic rings. The third-order valence-electron chi connectivity index (χ3n) is 3.74. The molecule has 0 saturated carbocycles. The van der Waals surface area contributed by atoms with Gasteiger partial charge in [0.25, 0.3) is 5.91 Å². The number of nitrogens with zero attached hydrogens (tertiary/aromatic N) is 1. The van der Waals surface area contributed by atoms with Crippen LogP contribution in [0.5, 0.6) is 5.75 Å². The summed E-state index contributed by atoms with van der Waals surface area (Å²) in [6.07, 6.45) is 1.44. The number of carbonyl (C=O) groups is 1. The SMILES string of the molecule is CN(CCCOc1ccc(S(C)(=O)=O)cc1)C(=O)C1CNCCO1. The Balaban J connectivity index is 1.71. The Kier molecular flexibility index (Phi) is 6.59. The molecule has 0 spiro atoms. The molecule has 24 heavy (non-hydrogen) atoms. The second-order valence-corrected chi connectivity index (χ2v) is 7.78. The van der Waals surface area contributed by atoms with Crippen LogP contribution in [0.25, 0.3) is 0 Å². The van der Waals surface area contributed by atoms with E-state index in [1.807, 2.05) is 0 Å². The van der Waals surface area contributed by atoms with E-state index in [0.29, 0.717) is 38.5 Å².